The van der Waals surface area contributed by atoms with Crippen LogP contribution in [0.5, 0.6) is 0 Å². The number of hydrogen-bond acceptors (Lipinski definition) is 4. The highest BCUT2D eigenvalue weighted by Crippen LogP contribution is 2.43. The smallest absolute Gasteiger partial charge is 0.392 e. The fourth-order valence-corrected chi connectivity index (χ4v) is 2.31. The van der Waals surface area contributed by atoms with Crippen LogP contribution in [-0.2, 0) is 4.74 Å². The molecule has 0 aromatic heterocycles. The Morgan fingerprint density at radius 2 is 1.63 bits per heavy atom. The lowest BCUT2D eigenvalue weighted by Crippen LogP contribution is -2.08. The molecule has 0 spiro atoms. The van der Waals surface area contributed by atoms with Crippen molar-refractivity contribution in [2.45, 2.75) is 0 Å². The minimum absolute atomic E-state index is 0.158. The van der Waals surface area contributed by atoms with Crippen molar-refractivity contribution in [3.05, 3.63) is 42.4 Å². The molecular weight excluding hydrogens is 338 g/mol. The number of esters is 1. The first-order valence-corrected chi connectivity index (χ1v) is 6.05. The molecule has 0 amide bonds. The first-order valence-electron chi connectivity index (χ1n) is 4.54. The molecule has 100 valence electrons. The average Bonchev–Trinajstić information content (AvgIpc) is 2.39. The zero-order valence-corrected chi connectivity index (χ0v) is 12.3. The normalized spacial score (nSPS) is 11.1. The largest absolute Gasteiger partial charge is 0.501 e. The van der Waals surface area contributed by atoms with Crippen LogP contribution in [0.1, 0.15) is 15.9 Å². The predicted molar refractivity (Wildman–Crippen MR) is 73.5 cm³/mol. The third kappa shape index (κ3) is 2.88. The Hall–Kier alpha value is -1.19. The second kappa shape index (κ2) is 6.31. The van der Waals surface area contributed by atoms with E-state index in [9.17, 15) is 9.90 Å². The van der Waals surface area contributed by atoms with E-state index in [1.165, 1.54) is 0 Å². The minimum Gasteiger partial charge on any atom is -0.501 e. The maximum atomic E-state index is 11.7. The molecular formula is C10H5Cl4N2O3+. The van der Waals surface area contributed by atoms with Crippen molar-refractivity contribution in [2.75, 3.05) is 7.11 Å². The number of halogens is 4. The van der Waals surface area contributed by atoms with Crippen LogP contribution >= 0.6 is 46.4 Å². The summed E-state index contributed by atoms with van der Waals surface area (Å²) in [6.07, 6.45) is 0.647. The molecule has 1 aromatic rings. The monoisotopic (exact) mass is 341 g/mol. The van der Waals surface area contributed by atoms with E-state index in [1.807, 2.05) is 0 Å². The van der Waals surface area contributed by atoms with Gasteiger partial charge in [0, 0.05) is 0 Å². The molecule has 1 N–H and O–H groups in total. The third-order valence-electron chi connectivity index (χ3n) is 2.09. The van der Waals surface area contributed by atoms with Crippen LogP contribution in [0.15, 0.2) is 6.20 Å². The van der Waals surface area contributed by atoms with Gasteiger partial charge in [-0.05, 0) is 0 Å². The van der Waals surface area contributed by atoms with Crippen molar-refractivity contribution in [2.24, 2.45) is 0 Å². The number of methoxy groups -OCH3 is 1. The molecule has 0 aliphatic heterocycles. The average molecular weight is 343 g/mol. The summed E-state index contributed by atoms with van der Waals surface area (Å²) in [7, 11) is 1.11. The Kier molecular flexibility index (Phi) is 5.27. The molecule has 0 aliphatic rings. The van der Waals surface area contributed by atoms with Gasteiger partial charge in [-0.15, -0.1) is 0 Å². The Morgan fingerprint density at radius 1 is 1.16 bits per heavy atom. The summed E-state index contributed by atoms with van der Waals surface area (Å²) >= 11 is 23.4. The predicted octanol–water partition coefficient (Wildman–Crippen LogP) is 4.80. The molecule has 0 saturated carbocycles. The van der Waals surface area contributed by atoms with Crippen LogP contribution in [0.25, 0.3) is 10.7 Å². The zero-order chi connectivity index (χ0) is 14.7. The van der Waals surface area contributed by atoms with Crippen molar-refractivity contribution in [3.63, 3.8) is 0 Å². The van der Waals surface area contributed by atoms with Gasteiger partial charge in [-0.1, -0.05) is 46.4 Å². The Morgan fingerprint density at radius 3 is 2.05 bits per heavy atom. The molecule has 19 heavy (non-hydrogen) atoms. The van der Waals surface area contributed by atoms with Gasteiger partial charge in [-0.25, -0.2) is 4.79 Å². The molecule has 0 aliphatic carbocycles. The molecule has 0 unspecified atom stereocenters. The molecule has 1 aromatic carbocycles. The first-order chi connectivity index (χ1) is 8.86. The molecule has 1 rings (SSSR count). The highest BCUT2D eigenvalue weighted by molar-refractivity contribution is 6.53. The molecule has 0 saturated heterocycles. The summed E-state index contributed by atoms with van der Waals surface area (Å²) in [5.74, 6) is -1.52. The topological polar surface area (TPSA) is 74.7 Å². The van der Waals surface area contributed by atoms with E-state index in [0.717, 1.165) is 7.11 Å². The highest BCUT2D eigenvalue weighted by Gasteiger charge is 2.28. The van der Waals surface area contributed by atoms with Crippen molar-refractivity contribution in [3.8, 4) is 0 Å². The second-order valence-corrected chi connectivity index (χ2v) is 4.64. The molecule has 0 heterocycles. The number of carbonyl (C=O) groups excluding carboxylic acids is 1. The summed E-state index contributed by atoms with van der Waals surface area (Å²) < 4.78 is 4.52. The highest BCUT2D eigenvalue weighted by atomic mass is 35.5. The molecule has 5 nitrogen and oxygen atoms in total. The van der Waals surface area contributed by atoms with Crippen LogP contribution in [0, 0.1) is 5.39 Å². The Bertz CT molecular complexity index is 622. The maximum absolute atomic E-state index is 11.7. The molecule has 0 bridgehead atoms. The summed E-state index contributed by atoms with van der Waals surface area (Å²) in [5.41, 5.74) is -0.535. The van der Waals surface area contributed by atoms with Gasteiger partial charge in [0.1, 0.15) is 0 Å². The van der Waals surface area contributed by atoms with Crippen molar-refractivity contribution in [1.82, 2.24) is 0 Å². The van der Waals surface area contributed by atoms with E-state index in [-0.39, 0.29) is 31.2 Å². The van der Waals surface area contributed by atoms with Crippen molar-refractivity contribution in [1.29, 1.82) is 5.39 Å². The number of aliphatic hydroxyl groups is 1. The van der Waals surface area contributed by atoms with Crippen molar-refractivity contribution >= 4 is 58.1 Å². The fraction of sp³-hybridized carbons (Fsp3) is 0.100. The number of aliphatic hydroxyl groups excluding tert-OH is 1. The quantitative estimate of drug-likeness (QED) is 0.275. The van der Waals surface area contributed by atoms with Crippen LogP contribution in [0.3, 0.4) is 0 Å². The van der Waals surface area contributed by atoms with E-state index in [0.29, 0.717) is 6.20 Å². The fourth-order valence-electron chi connectivity index (χ4n) is 1.29. The number of nitrogens with zero attached hydrogens (tertiary/aromatic N) is 2. The van der Waals surface area contributed by atoms with E-state index in [4.69, 9.17) is 51.8 Å². The maximum Gasteiger partial charge on any atom is 0.392 e. The van der Waals surface area contributed by atoms with E-state index < -0.39 is 11.7 Å². The summed E-state index contributed by atoms with van der Waals surface area (Å²) in [5, 5.41) is 17.3. The lowest BCUT2D eigenvalue weighted by molar-refractivity contribution is 0.0600. The number of ether oxygens (including phenoxy) is 1. The number of diazo groups is 1. The number of hydrogen-bond donors (Lipinski definition) is 1. The molecule has 0 radical (unpaired) electrons. The van der Waals surface area contributed by atoms with E-state index in [2.05, 4.69) is 9.71 Å². The Balaban J connectivity index is 3.83. The van der Waals surface area contributed by atoms with Crippen molar-refractivity contribution < 1.29 is 14.6 Å². The first kappa shape index (κ1) is 15.9. The second-order valence-electron chi connectivity index (χ2n) is 3.13. The van der Waals surface area contributed by atoms with Gasteiger partial charge < -0.3 is 9.84 Å². The van der Waals surface area contributed by atoms with Gasteiger partial charge in [-0.2, -0.15) is 0 Å². The molecule has 0 atom stereocenters. The van der Waals surface area contributed by atoms with Gasteiger partial charge in [0.25, 0.3) is 0 Å². The van der Waals surface area contributed by atoms with Crippen LogP contribution in [0.2, 0.25) is 20.1 Å². The number of carbonyl (C=O) groups is 1. The van der Waals surface area contributed by atoms with Crippen LogP contribution < -0.4 is 0 Å². The Labute approximate surface area is 127 Å². The standard InChI is InChI=1S/C10H4Cl4N2O3/c1-19-10(18)5-4(3(17)2-16-15)6(11)8(13)9(14)7(5)12/h2H,1H3/p+1/b3-2-. The molecule has 0 fully saturated rings. The third-order valence-corrected chi connectivity index (χ3v) is 3.89. The number of rotatable bonds is 2. The van der Waals surface area contributed by atoms with Crippen LogP contribution in [0.4, 0.5) is 0 Å². The molecule has 9 heteroatoms. The van der Waals surface area contributed by atoms with Gasteiger partial charge in [-0.3, -0.25) is 0 Å². The van der Waals surface area contributed by atoms with Gasteiger partial charge in [0.05, 0.1) is 38.3 Å². The van der Waals surface area contributed by atoms with Gasteiger partial charge >= 0.3 is 12.2 Å². The lowest BCUT2D eigenvalue weighted by Gasteiger charge is -2.13. The van der Waals surface area contributed by atoms with Gasteiger partial charge in [0.2, 0.25) is 11.2 Å². The number of benzene rings is 1. The van der Waals surface area contributed by atoms with E-state index in [1.54, 1.807) is 0 Å². The van der Waals surface area contributed by atoms with Crippen LogP contribution in [-0.4, -0.2) is 18.2 Å². The zero-order valence-electron chi connectivity index (χ0n) is 9.25. The SMILES string of the molecule is COC(=O)c1c(Cl)c(Cl)c(Cl)c(Cl)c1/C(O)=C/[N+]#N. The van der Waals surface area contributed by atoms with E-state index >= 15 is 0 Å². The minimum atomic E-state index is -0.890. The summed E-state index contributed by atoms with van der Waals surface area (Å²) in [4.78, 5) is 14.3. The van der Waals surface area contributed by atoms with Gasteiger partial charge in [0.15, 0.2) is 4.98 Å². The lowest BCUT2D eigenvalue weighted by atomic mass is 10.1. The summed E-state index contributed by atoms with van der Waals surface area (Å²) in [6, 6.07) is 0. The summed E-state index contributed by atoms with van der Waals surface area (Å²) in [6.45, 7) is 0.